The molecule has 1 aliphatic heterocycles. The second-order valence-electron chi connectivity index (χ2n) is 6.74. The molecular weight excluding hydrogens is 392 g/mol. The highest BCUT2D eigenvalue weighted by Gasteiger charge is 2.20. The van der Waals surface area contributed by atoms with Gasteiger partial charge in [-0.3, -0.25) is 9.59 Å². The molecule has 0 saturated carbocycles. The minimum atomic E-state index is -0.135. The molecule has 0 unspecified atom stereocenters. The maximum absolute atomic E-state index is 12.7. The first-order chi connectivity index (χ1) is 13.5. The third kappa shape index (κ3) is 3.81. The number of nitrogens with one attached hydrogen (secondary N) is 1. The molecule has 0 radical (unpaired) electrons. The van der Waals surface area contributed by atoms with Gasteiger partial charge in [-0.05, 0) is 66.4 Å². The number of aryl methyl sites for hydroxylation is 1. The Morgan fingerprint density at radius 1 is 1.07 bits per heavy atom. The van der Waals surface area contributed by atoms with Gasteiger partial charge in [-0.1, -0.05) is 23.7 Å². The van der Waals surface area contributed by atoms with Crippen LogP contribution in [0.5, 0.6) is 0 Å². The SMILES string of the molecule is CC(=O)N1CCCc2cc(NC(=O)c3ccc(-c4ccc(Cl)cc4)s3)ccc21. The third-order valence-corrected chi connectivity index (χ3v) is 6.18. The first-order valence-electron chi connectivity index (χ1n) is 9.09. The summed E-state index contributed by atoms with van der Waals surface area (Å²) in [6.07, 6.45) is 1.84. The summed E-state index contributed by atoms with van der Waals surface area (Å²) in [5, 5.41) is 3.66. The molecule has 6 heteroatoms. The van der Waals surface area contributed by atoms with E-state index in [1.54, 1.807) is 11.8 Å². The van der Waals surface area contributed by atoms with Crippen LogP contribution in [0, 0.1) is 0 Å². The van der Waals surface area contributed by atoms with Crippen LogP contribution in [0.15, 0.2) is 54.6 Å². The van der Waals surface area contributed by atoms with E-state index in [1.165, 1.54) is 11.3 Å². The number of amides is 2. The minimum absolute atomic E-state index is 0.0473. The molecule has 1 aliphatic rings. The summed E-state index contributed by atoms with van der Waals surface area (Å²) in [6, 6.07) is 17.1. The van der Waals surface area contributed by atoms with Crippen molar-refractivity contribution in [3.05, 3.63) is 70.1 Å². The number of carbonyl (C=O) groups is 2. The lowest BCUT2D eigenvalue weighted by Gasteiger charge is -2.28. The number of rotatable bonds is 3. The number of hydrogen-bond acceptors (Lipinski definition) is 3. The zero-order chi connectivity index (χ0) is 19.7. The van der Waals surface area contributed by atoms with Crippen LogP contribution in [0.3, 0.4) is 0 Å². The lowest BCUT2D eigenvalue weighted by molar-refractivity contribution is -0.116. The van der Waals surface area contributed by atoms with E-state index in [2.05, 4.69) is 5.32 Å². The van der Waals surface area contributed by atoms with Crippen LogP contribution in [-0.2, 0) is 11.2 Å². The molecule has 3 aromatic rings. The summed E-state index contributed by atoms with van der Waals surface area (Å²) in [4.78, 5) is 27.9. The van der Waals surface area contributed by atoms with Crippen LogP contribution in [0.4, 0.5) is 11.4 Å². The Labute approximate surface area is 172 Å². The molecule has 2 aromatic carbocycles. The third-order valence-electron chi connectivity index (χ3n) is 4.79. The van der Waals surface area contributed by atoms with Crippen molar-refractivity contribution in [2.75, 3.05) is 16.8 Å². The molecule has 0 bridgehead atoms. The number of carbonyl (C=O) groups excluding carboxylic acids is 2. The predicted octanol–water partition coefficient (Wildman–Crippen LogP) is 5.62. The average Bonchev–Trinajstić information content (AvgIpc) is 3.18. The van der Waals surface area contributed by atoms with E-state index in [0.717, 1.165) is 46.8 Å². The largest absolute Gasteiger partial charge is 0.321 e. The highest BCUT2D eigenvalue weighted by atomic mass is 35.5. The minimum Gasteiger partial charge on any atom is -0.321 e. The second-order valence-corrected chi connectivity index (χ2v) is 8.26. The van der Waals surface area contributed by atoms with Crippen molar-refractivity contribution in [2.45, 2.75) is 19.8 Å². The summed E-state index contributed by atoms with van der Waals surface area (Å²) in [5.41, 5.74) is 3.81. The normalized spacial score (nSPS) is 13.1. The fourth-order valence-corrected chi connectivity index (χ4v) is 4.46. The zero-order valence-corrected chi connectivity index (χ0v) is 16.9. The van der Waals surface area contributed by atoms with Crippen LogP contribution >= 0.6 is 22.9 Å². The number of benzene rings is 2. The molecular formula is C22H19ClN2O2S. The number of hydrogen-bond donors (Lipinski definition) is 1. The van der Waals surface area contributed by atoms with E-state index in [-0.39, 0.29) is 11.8 Å². The molecule has 0 atom stereocenters. The lowest BCUT2D eigenvalue weighted by atomic mass is 10.0. The van der Waals surface area contributed by atoms with Crippen molar-refractivity contribution >= 4 is 46.1 Å². The van der Waals surface area contributed by atoms with Crippen LogP contribution in [0.2, 0.25) is 5.02 Å². The van der Waals surface area contributed by atoms with Crippen molar-refractivity contribution in [1.29, 1.82) is 0 Å². The number of thiophene rings is 1. The van der Waals surface area contributed by atoms with Crippen LogP contribution in [0.25, 0.3) is 10.4 Å². The molecule has 0 spiro atoms. The molecule has 0 fully saturated rings. The zero-order valence-electron chi connectivity index (χ0n) is 15.4. The number of nitrogens with zero attached hydrogens (tertiary/aromatic N) is 1. The maximum atomic E-state index is 12.7. The first-order valence-corrected chi connectivity index (χ1v) is 10.3. The van der Waals surface area contributed by atoms with Gasteiger partial charge in [0.15, 0.2) is 0 Å². The average molecular weight is 411 g/mol. The topological polar surface area (TPSA) is 49.4 Å². The molecule has 2 heterocycles. The molecule has 28 heavy (non-hydrogen) atoms. The fraction of sp³-hybridized carbons (Fsp3) is 0.182. The van der Waals surface area contributed by atoms with Gasteiger partial charge in [0.2, 0.25) is 5.91 Å². The highest BCUT2D eigenvalue weighted by Crippen LogP contribution is 2.32. The Balaban J connectivity index is 1.51. The van der Waals surface area contributed by atoms with E-state index in [1.807, 2.05) is 54.6 Å². The van der Waals surface area contributed by atoms with Crippen LogP contribution in [-0.4, -0.2) is 18.4 Å². The van der Waals surface area contributed by atoms with Gasteiger partial charge < -0.3 is 10.2 Å². The van der Waals surface area contributed by atoms with Gasteiger partial charge in [0.1, 0.15) is 0 Å². The van der Waals surface area contributed by atoms with E-state index >= 15 is 0 Å². The van der Waals surface area contributed by atoms with Gasteiger partial charge in [0, 0.05) is 34.7 Å². The summed E-state index contributed by atoms with van der Waals surface area (Å²) in [6.45, 7) is 2.33. The van der Waals surface area contributed by atoms with Crippen molar-refractivity contribution in [2.24, 2.45) is 0 Å². The van der Waals surface area contributed by atoms with E-state index in [0.29, 0.717) is 9.90 Å². The molecule has 1 N–H and O–H groups in total. The molecule has 142 valence electrons. The van der Waals surface area contributed by atoms with Gasteiger partial charge in [-0.15, -0.1) is 11.3 Å². The molecule has 2 amide bonds. The quantitative estimate of drug-likeness (QED) is 0.609. The monoisotopic (exact) mass is 410 g/mol. The van der Waals surface area contributed by atoms with Crippen molar-refractivity contribution in [1.82, 2.24) is 0 Å². The summed E-state index contributed by atoms with van der Waals surface area (Å²) in [5.74, 6) is -0.0875. The molecule has 0 aliphatic carbocycles. The van der Waals surface area contributed by atoms with Gasteiger partial charge in [-0.25, -0.2) is 0 Å². The van der Waals surface area contributed by atoms with Crippen molar-refractivity contribution in [3.8, 4) is 10.4 Å². The van der Waals surface area contributed by atoms with E-state index in [9.17, 15) is 9.59 Å². The molecule has 4 nitrogen and oxygen atoms in total. The van der Waals surface area contributed by atoms with Gasteiger partial charge in [-0.2, -0.15) is 0 Å². The van der Waals surface area contributed by atoms with Crippen LogP contribution < -0.4 is 10.2 Å². The number of halogens is 1. The Bertz CT molecular complexity index is 1040. The number of fused-ring (bicyclic) bond motifs is 1. The summed E-state index contributed by atoms with van der Waals surface area (Å²) < 4.78 is 0. The Hall–Kier alpha value is -2.63. The van der Waals surface area contributed by atoms with Gasteiger partial charge in [0.25, 0.3) is 5.91 Å². The Morgan fingerprint density at radius 2 is 1.86 bits per heavy atom. The van der Waals surface area contributed by atoms with E-state index < -0.39 is 0 Å². The summed E-state index contributed by atoms with van der Waals surface area (Å²) >= 11 is 7.38. The smallest absolute Gasteiger partial charge is 0.265 e. The summed E-state index contributed by atoms with van der Waals surface area (Å²) in [7, 11) is 0. The van der Waals surface area contributed by atoms with Crippen LogP contribution in [0.1, 0.15) is 28.6 Å². The molecule has 1 aromatic heterocycles. The Kier molecular flexibility index (Phi) is 5.20. The molecule has 4 rings (SSSR count). The standard InChI is InChI=1S/C22H19ClN2O2S/c1-14(26)25-12-2-3-16-13-18(8-9-19(16)25)24-22(27)21-11-10-20(28-21)15-4-6-17(23)7-5-15/h4-11,13H,2-3,12H2,1H3,(H,24,27). The van der Waals surface area contributed by atoms with Crippen molar-refractivity contribution < 1.29 is 9.59 Å². The maximum Gasteiger partial charge on any atom is 0.265 e. The van der Waals surface area contributed by atoms with E-state index in [4.69, 9.17) is 11.6 Å². The first kappa shape index (κ1) is 18.7. The van der Waals surface area contributed by atoms with Gasteiger partial charge in [0.05, 0.1) is 4.88 Å². The highest BCUT2D eigenvalue weighted by molar-refractivity contribution is 7.17. The molecule has 0 saturated heterocycles. The van der Waals surface area contributed by atoms with Gasteiger partial charge >= 0.3 is 0 Å². The lowest BCUT2D eigenvalue weighted by Crippen LogP contribution is -2.33. The number of anilines is 2. The second kappa shape index (κ2) is 7.78. The Morgan fingerprint density at radius 3 is 2.61 bits per heavy atom. The fourth-order valence-electron chi connectivity index (χ4n) is 3.42. The predicted molar refractivity (Wildman–Crippen MR) is 116 cm³/mol. The van der Waals surface area contributed by atoms with Crippen molar-refractivity contribution in [3.63, 3.8) is 0 Å².